The summed E-state index contributed by atoms with van der Waals surface area (Å²) in [5.74, 6) is 1.96. The van der Waals surface area contributed by atoms with Crippen LogP contribution in [0.2, 0.25) is 0 Å². The zero-order valence-electron chi connectivity index (χ0n) is 21.5. The van der Waals surface area contributed by atoms with Crippen LogP contribution in [0, 0.1) is 11.8 Å². The first kappa shape index (κ1) is 22.8. The summed E-state index contributed by atoms with van der Waals surface area (Å²) in [6.07, 6.45) is 4.42. The number of hydrogen-bond acceptors (Lipinski definition) is 5. The van der Waals surface area contributed by atoms with Gasteiger partial charge in [-0.05, 0) is 66.5 Å². The molecule has 194 valence electrons. The van der Waals surface area contributed by atoms with Crippen molar-refractivity contribution in [2.45, 2.75) is 62.4 Å². The quantitative estimate of drug-likeness (QED) is 0.493. The third-order valence-electron chi connectivity index (χ3n) is 10.1. The summed E-state index contributed by atoms with van der Waals surface area (Å²) in [6.45, 7) is 2.67. The minimum Gasteiger partial charge on any atom is -0.504 e. The standard InChI is InChI=1S/C33H33NO4/c35-27-12-10-21-16-26-25-11-13-28(36)32-33(25,30(21)31(27)38-32)14-15-34(26)18-23-17-29(23)37-19-22-8-4-5-9-24(22)20-6-2-1-3-7-20/h1-10,12,23,25-26,29,32,35H,11,13-19H2/t23?,25-,26+,29?,32-,33-/m0/s1. The molecule has 0 aromatic heterocycles. The monoisotopic (exact) mass is 507 g/mol. The van der Waals surface area contributed by atoms with Crippen LogP contribution < -0.4 is 4.74 Å². The van der Waals surface area contributed by atoms with E-state index in [-0.39, 0.29) is 16.9 Å². The number of phenolic OH excluding ortho intramolecular Hbond substituents is 1. The fraction of sp³-hybridized carbons (Fsp3) is 0.424. The zero-order chi connectivity index (χ0) is 25.4. The van der Waals surface area contributed by atoms with E-state index in [1.807, 2.05) is 0 Å². The highest BCUT2D eigenvalue weighted by Crippen LogP contribution is 2.63. The van der Waals surface area contributed by atoms with Crippen molar-refractivity contribution in [1.29, 1.82) is 0 Å². The highest BCUT2D eigenvalue weighted by Gasteiger charge is 2.66. The van der Waals surface area contributed by atoms with Crippen molar-refractivity contribution in [3.8, 4) is 22.6 Å². The van der Waals surface area contributed by atoms with Gasteiger partial charge in [0.25, 0.3) is 0 Å². The lowest BCUT2D eigenvalue weighted by atomic mass is 9.51. The maximum atomic E-state index is 13.0. The van der Waals surface area contributed by atoms with Crippen LogP contribution in [0.15, 0.2) is 66.7 Å². The van der Waals surface area contributed by atoms with E-state index in [9.17, 15) is 9.90 Å². The molecule has 38 heavy (non-hydrogen) atoms. The molecule has 6 atom stereocenters. The SMILES string of the molecule is O=C1CC[C@H]2[C@H]3Cc4ccc(O)c5c4[C@@]2(CCN3CC2CC2OCc2ccccc2-c2ccccc2)[C@H]1O5. The number of rotatable bonds is 6. The number of phenols is 1. The number of ether oxygens (including phenoxy) is 2. The van der Waals surface area contributed by atoms with Gasteiger partial charge in [-0.15, -0.1) is 0 Å². The van der Waals surface area contributed by atoms with E-state index >= 15 is 0 Å². The smallest absolute Gasteiger partial charge is 0.174 e. The van der Waals surface area contributed by atoms with E-state index < -0.39 is 6.10 Å². The maximum absolute atomic E-state index is 13.0. The largest absolute Gasteiger partial charge is 0.504 e. The van der Waals surface area contributed by atoms with Crippen LogP contribution in [0.25, 0.3) is 11.1 Å². The third kappa shape index (κ3) is 3.28. The fourth-order valence-electron chi connectivity index (χ4n) is 8.29. The first-order valence-electron chi connectivity index (χ1n) is 14.2. The summed E-state index contributed by atoms with van der Waals surface area (Å²) in [5, 5.41) is 10.6. The van der Waals surface area contributed by atoms with Gasteiger partial charge in [-0.1, -0.05) is 60.7 Å². The average Bonchev–Trinajstić information content (AvgIpc) is 3.59. The molecule has 0 radical (unpaired) electrons. The third-order valence-corrected chi connectivity index (χ3v) is 10.1. The number of carbonyl (C=O) groups is 1. The molecule has 5 heteroatoms. The van der Waals surface area contributed by atoms with Crippen LogP contribution >= 0.6 is 0 Å². The van der Waals surface area contributed by atoms with Gasteiger partial charge in [0.15, 0.2) is 23.4 Å². The van der Waals surface area contributed by atoms with Crippen LogP contribution in [0.1, 0.15) is 42.4 Å². The molecule has 2 unspecified atom stereocenters. The van der Waals surface area contributed by atoms with Crippen molar-refractivity contribution < 1.29 is 19.4 Å². The van der Waals surface area contributed by atoms with E-state index in [0.29, 0.717) is 42.8 Å². The van der Waals surface area contributed by atoms with Gasteiger partial charge in [0.2, 0.25) is 0 Å². The number of ketones is 1. The molecular weight excluding hydrogens is 474 g/mol. The van der Waals surface area contributed by atoms with Crippen LogP contribution in [0.4, 0.5) is 0 Å². The van der Waals surface area contributed by atoms with Gasteiger partial charge < -0.3 is 14.6 Å². The van der Waals surface area contributed by atoms with E-state index in [4.69, 9.17) is 9.47 Å². The molecular formula is C33H33NO4. The van der Waals surface area contributed by atoms with Gasteiger partial charge in [-0.3, -0.25) is 9.69 Å². The zero-order valence-corrected chi connectivity index (χ0v) is 21.5. The van der Waals surface area contributed by atoms with Crippen LogP contribution in [-0.4, -0.2) is 47.1 Å². The van der Waals surface area contributed by atoms with Crippen molar-refractivity contribution in [2.75, 3.05) is 13.1 Å². The predicted octanol–water partition coefficient (Wildman–Crippen LogP) is 5.27. The number of aromatic hydroxyl groups is 1. The Balaban J connectivity index is 0.985. The minimum absolute atomic E-state index is 0.187. The molecule has 1 N–H and O–H groups in total. The van der Waals surface area contributed by atoms with E-state index in [1.54, 1.807) is 6.07 Å². The van der Waals surface area contributed by atoms with Crippen molar-refractivity contribution >= 4 is 5.78 Å². The topological polar surface area (TPSA) is 59.0 Å². The normalized spacial score (nSPS) is 32.5. The second-order valence-corrected chi connectivity index (χ2v) is 12.0. The molecule has 5 nitrogen and oxygen atoms in total. The first-order chi connectivity index (χ1) is 18.6. The Hall–Kier alpha value is -3.15. The summed E-state index contributed by atoms with van der Waals surface area (Å²) < 4.78 is 12.7. The van der Waals surface area contributed by atoms with Crippen molar-refractivity contribution in [1.82, 2.24) is 4.90 Å². The summed E-state index contributed by atoms with van der Waals surface area (Å²) in [4.78, 5) is 15.7. The van der Waals surface area contributed by atoms with Gasteiger partial charge in [0.1, 0.15) is 0 Å². The number of benzene rings is 3. The molecule has 1 saturated heterocycles. The van der Waals surface area contributed by atoms with Gasteiger partial charge >= 0.3 is 0 Å². The lowest BCUT2D eigenvalue weighted by Gasteiger charge is -2.57. The maximum Gasteiger partial charge on any atom is 0.174 e. The molecule has 2 saturated carbocycles. The van der Waals surface area contributed by atoms with Crippen LogP contribution in [-0.2, 0) is 28.0 Å². The molecule has 0 amide bonds. The lowest BCUT2D eigenvalue weighted by Crippen LogP contribution is -2.66. The molecule has 3 aromatic rings. The molecule has 2 bridgehead atoms. The Bertz CT molecular complexity index is 1420. The Morgan fingerprint density at radius 1 is 1.05 bits per heavy atom. The molecule has 2 aliphatic heterocycles. The predicted molar refractivity (Wildman–Crippen MR) is 144 cm³/mol. The van der Waals surface area contributed by atoms with Crippen molar-refractivity contribution in [3.63, 3.8) is 0 Å². The van der Waals surface area contributed by atoms with Gasteiger partial charge in [0.05, 0.1) is 12.7 Å². The van der Waals surface area contributed by atoms with Gasteiger partial charge in [-0.25, -0.2) is 0 Å². The molecule has 3 aliphatic carbocycles. The van der Waals surface area contributed by atoms with E-state index in [2.05, 4.69) is 65.6 Å². The summed E-state index contributed by atoms with van der Waals surface area (Å²) in [5.41, 5.74) is 5.89. The Morgan fingerprint density at radius 3 is 2.79 bits per heavy atom. The number of piperidine rings is 1. The van der Waals surface area contributed by atoms with Crippen LogP contribution in [0.3, 0.4) is 0 Å². The van der Waals surface area contributed by atoms with Crippen molar-refractivity contribution in [3.05, 3.63) is 83.4 Å². The minimum atomic E-state index is -0.421. The molecule has 5 aliphatic rings. The molecule has 1 spiro atoms. The molecule has 2 heterocycles. The average molecular weight is 508 g/mol. The first-order valence-corrected chi connectivity index (χ1v) is 14.2. The fourth-order valence-corrected chi connectivity index (χ4v) is 8.29. The summed E-state index contributed by atoms with van der Waals surface area (Å²) in [6, 6.07) is 23.4. The molecule has 8 rings (SSSR count). The number of hydrogen-bond donors (Lipinski definition) is 1. The Labute approximate surface area is 223 Å². The number of carbonyl (C=O) groups excluding carboxylic acids is 1. The summed E-state index contributed by atoms with van der Waals surface area (Å²) in [7, 11) is 0. The number of likely N-dealkylation sites (tertiary alicyclic amines) is 1. The number of Topliss-reactive ketones (excluding diaryl/α,β-unsaturated/α-hetero) is 1. The summed E-state index contributed by atoms with van der Waals surface area (Å²) >= 11 is 0. The van der Waals surface area contributed by atoms with Gasteiger partial charge in [-0.2, -0.15) is 0 Å². The van der Waals surface area contributed by atoms with Gasteiger partial charge in [0, 0.05) is 35.9 Å². The van der Waals surface area contributed by atoms with Crippen LogP contribution in [0.5, 0.6) is 11.5 Å². The lowest BCUT2D eigenvalue weighted by molar-refractivity contribution is -0.139. The second-order valence-electron chi connectivity index (χ2n) is 12.0. The van der Waals surface area contributed by atoms with Crippen molar-refractivity contribution in [2.24, 2.45) is 11.8 Å². The Kier molecular flexibility index (Phi) is 5.05. The van der Waals surface area contributed by atoms with E-state index in [1.165, 1.54) is 22.3 Å². The Morgan fingerprint density at radius 2 is 1.89 bits per heavy atom. The highest BCUT2D eigenvalue weighted by molar-refractivity contribution is 5.89. The van der Waals surface area contributed by atoms with E-state index in [0.717, 1.165) is 44.3 Å². The highest BCUT2D eigenvalue weighted by atomic mass is 16.5. The molecule has 3 aromatic carbocycles. The second kappa shape index (κ2) is 8.42. The molecule has 3 fully saturated rings. The number of nitrogens with zero attached hydrogens (tertiary/aromatic N) is 1.